The van der Waals surface area contributed by atoms with Crippen molar-refractivity contribution in [1.29, 1.82) is 0 Å². The Morgan fingerprint density at radius 1 is 1.14 bits per heavy atom. The van der Waals surface area contributed by atoms with E-state index in [2.05, 4.69) is 27.2 Å². The maximum atomic E-state index is 14.0. The summed E-state index contributed by atoms with van der Waals surface area (Å²) in [5.74, 6) is 6.58. The molecule has 0 spiro atoms. The zero-order valence-corrected chi connectivity index (χ0v) is 20.2. The zero-order valence-electron chi connectivity index (χ0n) is 20.2. The summed E-state index contributed by atoms with van der Waals surface area (Å²) in [7, 11) is 0. The van der Waals surface area contributed by atoms with E-state index in [9.17, 15) is 9.59 Å². The Hall–Kier alpha value is -4.90. The van der Waals surface area contributed by atoms with Crippen molar-refractivity contribution in [2.45, 2.75) is 25.8 Å². The first-order chi connectivity index (χ1) is 18.0. The van der Waals surface area contributed by atoms with Crippen molar-refractivity contribution in [3.05, 3.63) is 100 Å². The summed E-state index contributed by atoms with van der Waals surface area (Å²) >= 11 is 0. The highest BCUT2D eigenvalue weighted by Gasteiger charge is 2.24. The van der Waals surface area contributed by atoms with E-state index in [0.29, 0.717) is 33.9 Å². The molecule has 1 unspecified atom stereocenters. The fraction of sp³-hybridized carbons (Fsp3) is 0.172. The third kappa shape index (κ3) is 4.10. The Labute approximate surface area is 212 Å². The number of nitrogen functional groups attached to an aromatic ring is 1. The molecular formula is C29H24N6O2. The number of nitrogens with one attached hydrogen (secondary N) is 1. The lowest BCUT2D eigenvalue weighted by atomic mass is 10.0. The number of nitrogens with zero attached hydrogens (tertiary/aromatic N) is 4. The Bertz CT molecular complexity index is 1790. The second kappa shape index (κ2) is 8.95. The molecule has 1 fully saturated rings. The lowest BCUT2D eigenvalue weighted by molar-refractivity contribution is 0.0941. The summed E-state index contributed by atoms with van der Waals surface area (Å²) in [5.41, 5.74) is 8.48. The number of anilines is 1. The van der Waals surface area contributed by atoms with Gasteiger partial charge in [0, 0.05) is 35.3 Å². The largest absolute Gasteiger partial charge is 0.381 e. The lowest BCUT2D eigenvalue weighted by Crippen LogP contribution is -2.32. The number of amides is 1. The van der Waals surface area contributed by atoms with Crippen molar-refractivity contribution in [3.63, 3.8) is 0 Å². The van der Waals surface area contributed by atoms with Crippen LogP contribution in [0, 0.1) is 17.8 Å². The molecule has 0 aliphatic heterocycles. The van der Waals surface area contributed by atoms with Gasteiger partial charge in [0.1, 0.15) is 5.56 Å². The monoisotopic (exact) mass is 488 g/mol. The van der Waals surface area contributed by atoms with E-state index in [0.717, 1.165) is 18.2 Å². The zero-order chi connectivity index (χ0) is 25.5. The van der Waals surface area contributed by atoms with E-state index < -0.39 is 11.9 Å². The van der Waals surface area contributed by atoms with Gasteiger partial charge < -0.3 is 11.1 Å². The van der Waals surface area contributed by atoms with Crippen LogP contribution in [0.15, 0.2) is 77.9 Å². The van der Waals surface area contributed by atoms with Gasteiger partial charge in [-0.05, 0) is 55.5 Å². The molecule has 3 aromatic heterocycles. The van der Waals surface area contributed by atoms with Gasteiger partial charge in [-0.1, -0.05) is 42.2 Å². The molecule has 6 rings (SSSR count). The second-order valence-corrected chi connectivity index (χ2v) is 9.20. The number of fused-ring (bicyclic) bond motifs is 2. The van der Waals surface area contributed by atoms with Gasteiger partial charge in [0.05, 0.1) is 11.4 Å². The Balaban J connectivity index is 1.48. The summed E-state index contributed by atoms with van der Waals surface area (Å²) in [4.78, 5) is 31.6. The minimum Gasteiger partial charge on any atom is -0.381 e. The molecular weight excluding hydrogens is 464 g/mol. The molecule has 8 nitrogen and oxygen atoms in total. The molecule has 1 amide bonds. The highest BCUT2D eigenvalue weighted by atomic mass is 16.2. The fourth-order valence-corrected chi connectivity index (χ4v) is 4.52. The molecule has 8 heteroatoms. The van der Waals surface area contributed by atoms with E-state index >= 15 is 0 Å². The van der Waals surface area contributed by atoms with E-state index in [1.165, 1.54) is 4.52 Å². The molecule has 2 aromatic carbocycles. The third-order valence-corrected chi connectivity index (χ3v) is 6.52. The summed E-state index contributed by atoms with van der Waals surface area (Å²) < 4.78 is 3.11. The van der Waals surface area contributed by atoms with Crippen molar-refractivity contribution in [2.75, 3.05) is 5.73 Å². The van der Waals surface area contributed by atoms with Gasteiger partial charge in [0.25, 0.3) is 11.5 Å². The van der Waals surface area contributed by atoms with Crippen LogP contribution in [0.25, 0.3) is 22.1 Å². The number of hydrogen-bond acceptors (Lipinski definition) is 5. The van der Waals surface area contributed by atoms with Crippen LogP contribution in [0.2, 0.25) is 0 Å². The predicted molar refractivity (Wildman–Crippen MR) is 142 cm³/mol. The standard InChI is InChI=1S/C29H24N6O2/c1-18(32-28(36)25-26(30)33-34-16-6-15-31-27(25)34)23-17-21-8-5-7-20(14-13-19-11-12-19)24(21)29(37)35(23)22-9-3-2-4-10-22/h2-10,15-19H,11-12H2,1H3,(H2,30,33)(H,32,36). The third-order valence-electron chi connectivity index (χ3n) is 6.52. The van der Waals surface area contributed by atoms with Gasteiger partial charge in [-0.25, -0.2) is 9.50 Å². The molecule has 37 heavy (non-hydrogen) atoms. The van der Waals surface area contributed by atoms with E-state index in [1.54, 1.807) is 23.0 Å². The van der Waals surface area contributed by atoms with Crippen LogP contribution in [0.1, 0.15) is 47.4 Å². The topological polar surface area (TPSA) is 107 Å². The SMILES string of the molecule is CC(NC(=O)c1c(N)nn2cccnc12)c1cc2cccc(C#CC3CC3)c2c(=O)n1-c1ccccc1. The normalized spacial score (nSPS) is 13.8. The number of para-hydroxylation sites is 1. The molecule has 0 bridgehead atoms. The molecule has 3 heterocycles. The maximum Gasteiger partial charge on any atom is 0.264 e. The quantitative estimate of drug-likeness (QED) is 0.374. The van der Waals surface area contributed by atoms with Crippen LogP contribution in [0.4, 0.5) is 5.82 Å². The number of pyridine rings is 1. The average molecular weight is 489 g/mol. The summed E-state index contributed by atoms with van der Waals surface area (Å²) in [6.07, 6.45) is 5.48. The lowest BCUT2D eigenvalue weighted by Gasteiger charge is -2.21. The van der Waals surface area contributed by atoms with Crippen LogP contribution >= 0.6 is 0 Å². The number of benzene rings is 2. The van der Waals surface area contributed by atoms with Gasteiger partial charge in [-0.3, -0.25) is 14.2 Å². The molecule has 182 valence electrons. The van der Waals surface area contributed by atoms with Crippen molar-refractivity contribution in [3.8, 4) is 17.5 Å². The maximum absolute atomic E-state index is 14.0. The summed E-state index contributed by atoms with van der Waals surface area (Å²) in [5, 5.41) is 8.52. The number of nitrogens with two attached hydrogens (primary N) is 1. The van der Waals surface area contributed by atoms with Gasteiger partial charge >= 0.3 is 0 Å². The number of hydrogen-bond donors (Lipinski definition) is 2. The van der Waals surface area contributed by atoms with Gasteiger partial charge in [0.15, 0.2) is 11.5 Å². The molecule has 0 saturated heterocycles. The van der Waals surface area contributed by atoms with Gasteiger partial charge in [0.2, 0.25) is 0 Å². The van der Waals surface area contributed by atoms with Crippen LogP contribution in [-0.2, 0) is 0 Å². The summed E-state index contributed by atoms with van der Waals surface area (Å²) in [6.45, 7) is 1.84. The Morgan fingerprint density at radius 2 is 1.95 bits per heavy atom. The van der Waals surface area contributed by atoms with Gasteiger partial charge in [-0.15, -0.1) is 5.10 Å². The number of carbonyl (C=O) groups is 1. The first-order valence-corrected chi connectivity index (χ1v) is 12.2. The number of carbonyl (C=O) groups excluding carboxylic acids is 1. The molecule has 1 aliphatic rings. The van der Waals surface area contributed by atoms with E-state index in [4.69, 9.17) is 5.73 Å². The number of rotatable bonds is 4. The molecule has 1 saturated carbocycles. The fourth-order valence-electron chi connectivity index (χ4n) is 4.52. The first kappa shape index (κ1) is 22.6. The Morgan fingerprint density at radius 3 is 2.73 bits per heavy atom. The minimum absolute atomic E-state index is 0.0845. The van der Waals surface area contributed by atoms with Crippen LogP contribution in [0.3, 0.4) is 0 Å². The molecule has 1 aliphatic carbocycles. The highest BCUT2D eigenvalue weighted by Crippen LogP contribution is 2.28. The van der Waals surface area contributed by atoms with Crippen molar-refractivity contribution < 1.29 is 4.79 Å². The van der Waals surface area contributed by atoms with E-state index in [-0.39, 0.29) is 16.9 Å². The van der Waals surface area contributed by atoms with Crippen molar-refractivity contribution >= 4 is 28.1 Å². The predicted octanol–water partition coefficient (Wildman–Crippen LogP) is 3.87. The van der Waals surface area contributed by atoms with Crippen LogP contribution in [-0.4, -0.2) is 25.1 Å². The second-order valence-electron chi connectivity index (χ2n) is 9.20. The first-order valence-electron chi connectivity index (χ1n) is 12.2. The molecule has 1 atom stereocenters. The van der Waals surface area contributed by atoms with Crippen molar-refractivity contribution in [2.24, 2.45) is 5.92 Å². The smallest absolute Gasteiger partial charge is 0.264 e. The molecule has 5 aromatic rings. The number of aromatic nitrogens is 4. The Kier molecular flexibility index (Phi) is 5.46. The van der Waals surface area contributed by atoms with E-state index in [1.807, 2.05) is 61.5 Å². The molecule has 3 N–H and O–H groups in total. The molecule has 0 radical (unpaired) electrons. The van der Waals surface area contributed by atoms with Gasteiger partial charge in [-0.2, -0.15) is 0 Å². The van der Waals surface area contributed by atoms with Crippen LogP contribution < -0.4 is 16.6 Å². The highest BCUT2D eigenvalue weighted by molar-refractivity contribution is 6.04. The summed E-state index contributed by atoms with van der Waals surface area (Å²) in [6, 6.07) is 18.2. The average Bonchev–Trinajstić information content (AvgIpc) is 3.67. The minimum atomic E-state index is -0.538. The van der Waals surface area contributed by atoms with Crippen LogP contribution in [0.5, 0.6) is 0 Å². The van der Waals surface area contributed by atoms with Crippen molar-refractivity contribution in [1.82, 2.24) is 24.5 Å².